The van der Waals surface area contributed by atoms with Gasteiger partial charge in [-0.25, -0.2) is 0 Å². The second-order valence-corrected chi connectivity index (χ2v) is 6.09. The van der Waals surface area contributed by atoms with Crippen molar-refractivity contribution >= 4 is 34.5 Å². The number of benzene rings is 1. The van der Waals surface area contributed by atoms with Crippen LogP contribution in [0, 0.1) is 0 Å². The summed E-state index contributed by atoms with van der Waals surface area (Å²) in [7, 11) is 2.03. The highest BCUT2D eigenvalue weighted by Gasteiger charge is 2.22. The molecule has 0 saturated heterocycles. The van der Waals surface area contributed by atoms with E-state index in [0.717, 1.165) is 17.1 Å². The van der Waals surface area contributed by atoms with Crippen molar-refractivity contribution in [2.45, 2.75) is 19.5 Å². The zero-order valence-corrected chi connectivity index (χ0v) is 13.1. The number of carbonyl (C=O) groups excluding carboxylic acids is 1. The van der Waals surface area contributed by atoms with E-state index in [9.17, 15) is 4.79 Å². The monoisotopic (exact) mass is 309 g/mol. The summed E-state index contributed by atoms with van der Waals surface area (Å²) in [6.07, 6.45) is 0. The summed E-state index contributed by atoms with van der Waals surface area (Å²) in [5.41, 5.74) is 2.04. The number of rotatable bonds is 5. The lowest BCUT2D eigenvalue weighted by Gasteiger charge is -2.20. The van der Waals surface area contributed by atoms with Gasteiger partial charge in [-0.05, 0) is 48.0 Å². The van der Waals surface area contributed by atoms with Gasteiger partial charge in [0.2, 0.25) is 0 Å². The topological polar surface area (TPSA) is 33.5 Å². The van der Waals surface area contributed by atoms with Crippen molar-refractivity contribution in [1.29, 1.82) is 0 Å². The first-order valence-corrected chi connectivity index (χ1v) is 7.78. The molecule has 2 N–H and O–H groups in total. The number of amides is 1. The summed E-state index contributed by atoms with van der Waals surface area (Å²) in [4.78, 5) is 13.4. The molecule has 106 valence electrons. The lowest BCUT2D eigenvalue weighted by atomic mass is 10.2. The molecule has 0 aliphatic carbocycles. The highest BCUT2D eigenvalue weighted by molar-refractivity contribution is 7.07. The third-order valence-electron chi connectivity index (χ3n) is 3.31. The van der Waals surface area contributed by atoms with E-state index in [1.807, 2.05) is 14.0 Å². The number of halogens is 1. The average Bonchev–Trinajstić information content (AvgIpc) is 2.93. The summed E-state index contributed by atoms with van der Waals surface area (Å²) in [6, 6.07) is 9.12. The normalized spacial score (nSPS) is 13.8. The van der Waals surface area contributed by atoms with Crippen molar-refractivity contribution in [2.24, 2.45) is 0 Å². The lowest BCUT2D eigenvalue weighted by molar-refractivity contribution is -0.907. The van der Waals surface area contributed by atoms with Crippen LogP contribution in [0.3, 0.4) is 0 Å². The van der Waals surface area contributed by atoms with Gasteiger partial charge in [-0.2, -0.15) is 11.3 Å². The van der Waals surface area contributed by atoms with Crippen LogP contribution in [-0.2, 0) is 11.3 Å². The molecule has 2 atom stereocenters. The van der Waals surface area contributed by atoms with Crippen LogP contribution in [0.2, 0.25) is 5.02 Å². The van der Waals surface area contributed by atoms with Crippen LogP contribution >= 0.6 is 22.9 Å². The number of nitrogens with one attached hydrogen (secondary N) is 2. The van der Waals surface area contributed by atoms with E-state index in [2.05, 4.69) is 22.1 Å². The zero-order valence-electron chi connectivity index (χ0n) is 11.5. The minimum atomic E-state index is -0.120. The van der Waals surface area contributed by atoms with Crippen LogP contribution in [0.5, 0.6) is 0 Å². The molecular weight excluding hydrogens is 292 g/mol. The number of hydrogen-bond donors (Lipinski definition) is 2. The molecule has 2 rings (SSSR count). The highest BCUT2D eigenvalue weighted by Crippen LogP contribution is 2.13. The van der Waals surface area contributed by atoms with Gasteiger partial charge in [0.05, 0.1) is 7.05 Å². The van der Waals surface area contributed by atoms with E-state index in [-0.39, 0.29) is 11.9 Å². The number of likely N-dealkylation sites (N-methyl/N-ethyl adjacent to an activating group) is 1. The molecule has 1 heterocycles. The molecule has 0 bridgehead atoms. The Bertz CT molecular complexity index is 554. The molecule has 2 aromatic rings. The van der Waals surface area contributed by atoms with Crippen LogP contribution in [0.4, 0.5) is 5.69 Å². The Morgan fingerprint density at radius 1 is 1.35 bits per heavy atom. The molecular formula is C15H18ClN2OS+. The Hall–Kier alpha value is -1.36. The first-order chi connectivity index (χ1) is 9.56. The molecule has 20 heavy (non-hydrogen) atoms. The van der Waals surface area contributed by atoms with Crippen molar-refractivity contribution in [3.05, 3.63) is 51.7 Å². The average molecular weight is 310 g/mol. The Morgan fingerprint density at radius 2 is 2.05 bits per heavy atom. The molecule has 1 unspecified atom stereocenters. The van der Waals surface area contributed by atoms with Crippen molar-refractivity contribution in [2.75, 3.05) is 12.4 Å². The molecule has 0 fully saturated rings. The van der Waals surface area contributed by atoms with Gasteiger partial charge in [-0.1, -0.05) is 11.6 Å². The number of carbonyl (C=O) groups is 1. The largest absolute Gasteiger partial charge is 0.324 e. The minimum Gasteiger partial charge on any atom is -0.324 e. The second kappa shape index (κ2) is 6.88. The van der Waals surface area contributed by atoms with Gasteiger partial charge >= 0.3 is 0 Å². The smallest absolute Gasteiger partial charge is 0.282 e. The maximum Gasteiger partial charge on any atom is 0.282 e. The quantitative estimate of drug-likeness (QED) is 0.874. The summed E-state index contributed by atoms with van der Waals surface area (Å²) >= 11 is 7.50. The van der Waals surface area contributed by atoms with Crippen LogP contribution in [0.25, 0.3) is 0 Å². The fourth-order valence-corrected chi connectivity index (χ4v) is 2.67. The summed E-state index contributed by atoms with van der Waals surface area (Å²) in [6.45, 7) is 2.78. The van der Waals surface area contributed by atoms with Crippen molar-refractivity contribution < 1.29 is 9.69 Å². The molecule has 0 radical (unpaired) electrons. The third-order valence-corrected chi connectivity index (χ3v) is 4.29. The number of anilines is 1. The summed E-state index contributed by atoms with van der Waals surface area (Å²) in [5.74, 6) is 0.0139. The maximum atomic E-state index is 12.2. The van der Waals surface area contributed by atoms with Crippen molar-refractivity contribution in [3.8, 4) is 0 Å². The highest BCUT2D eigenvalue weighted by atomic mass is 35.5. The fraction of sp³-hybridized carbons (Fsp3) is 0.267. The molecule has 0 spiro atoms. The Kier molecular flexibility index (Phi) is 5.17. The van der Waals surface area contributed by atoms with E-state index in [1.165, 1.54) is 5.56 Å². The van der Waals surface area contributed by atoms with Crippen LogP contribution in [-0.4, -0.2) is 19.0 Å². The van der Waals surface area contributed by atoms with Crippen LogP contribution in [0.15, 0.2) is 41.1 Å². The van der Waals surface area contributed by atoms with Gasteiger partial charge in [0.25, 0.3) is 5.91 Å². The first kappa shape index (κ1) is 15.0. The van der Waals surface area contributed by atoms with Gasteiger partial charge in [0.1, 0.15) is 6.54 Å². The lowest BCUT2D eigenvalue weighted by Crippen LogP contribution is -3.12. The predicted molar refractivity (Wildman–Crippen MR) is 84.5 cm³/mol. The van der Waals surface area contributed by atoms with E-state index in [4.69, 9.17) is 11.6 Å². The number of quaternary nitrogens is 1. The first-order valence-electron chi connectivity index (χ1n) is 6.46. The maximum absolute atomic E-state index is 12.2. The standard InChI is InChI=1S/C15H17ClN2OS/c1-11(18(2)9-12-7-8-20-10-12)15(19)17-14-5-3-13(16)4-6-14/h3-8,10-11H,9H2,1-2H3,(H,17,19)/p+1/t11-/m0/s1. The van der Waals surface area contributed by atoms with E-state index in [1.54, 1.807) is 35.6 Å². The molecule has 1 aromatic carbocycles. The Balaban J connectivity index is 1.92. The minimum absolute atomic E-state index is 0.0139. The van der Waals surface area contributed by atoms with Gasteiger partial charge in [-0.15, -0.1) is 0 Å². The van der Waals surface area contributed by atoms with E-state index < -0.39 is 0 Å². The van der Waals surface area contributed by atoms with E-state index in [0.29, 0.717) is 5.02 Å². The van der Waals surface area contributed by atoms with Crippen LogP contribution in [0.1, 0.15) is 12.5 Å². The van der Waals surface area contributed by atoms with Gasteiger partial charge < -0.3 is 10.2 Å². The molecule has 3 nitrogen and oxygen atoms in total. The van der Waals surface area contributed by atoms with Gasteiger partial charge in [0.15, 0.2) is 6.04 Å². The Labute approximate surface area is 128 Å². The molecule has 5 heteroatoms. The zero-order chi connectivity index (χ0) is 14.5. The molecule has 1 aromatic heterocycles. The predicted octanol–water partition coefficient (Wildman–Crippen LogP) is 2.44. The number of thiophene rings is 1. The third kappa shape index (κ3) is 4.07. The number of hydrogen-bond acceptors (Lipinski definition) is 2. The molecule has 0 aliphatic heterocycles. The van der Waals surface area contributed by atoms with Gasteiger partial charge in [-0.3, -0.25) is 4.79 Å². The van der Waals surface area contributed by atoms with Crippen molar-refractivity contribution in [1.82, 2.24) is 0 Å². The molecule has 0 saturated carbocycles. The van der Waals surface area contributed by atoms with E-state index >= 15 is 0 Å². The fourth-order valence-electron chi connectivity index (χ4n) is 1.88. The van der Waals surface area contributed by atoms with Crippen LogP contribution < -0.4 is 10.2 Å². The van der Waals surface area contributed by atoms with Crippen molar-refractivity contribution in [3.63, 3.8) is 0 Å². The second-order valence-electron chi connectivity index (χ2n) is 4.87. The van der Waals surface area contributed by atoms with Gasteiger partial charge in [0, 0.05) is 16.3 Å². The summed E-state index contributed by atoms with van der Waals surface area (Å²) in [5, 5.41) is 7.75. The summed E-state index contributed by atoms with van der Waals surface area (Å²) < 4.78 is 0. The SMILES string of the molecule is C[C@@H](C(=O)Nc1ccc(Cl)cc1)[NH+](C)Cc1ccsc1. The molecule has 1 amide bonds. The molecule has 0 aliphatic rings. The Morgan fingerprint density at radius 3 is 2.65 bits per heavy atom.